The number of nitrogens with one attached hydrogen (secondary N) is 1. The van der Waals surface area contributed by atoms with Gasteiger partial charge in [0.1, 0.15) is 17.2 Å². The number of aryl methyl sites for hydroxylation is 1. The van der Waals surface area contributed by atoms with Crippen molar-refractivity contribution in [2.75, 3.05) is 0 Å². The van der Waals surface area contributed by atoms with Crippen molar-refractivity contribution in [1.82, 2.24) is 34.8 Å². The molecule has 3 heterocycles. The van der Waals surface area contributed by atoms with E-state index in [-0.39, 0.29) is 11.9 Å². The van der Waals surface area contributed by atoms with Crippen molar-refractivity contribution in [2.24, 2.45) is 0 Å². The van der Waals surface area contributed by atoms with Gasteiger partial charge in [-0.2, -0.15) is 0 Å². The number of nitrogens with zero attached hydrogens (tertiary/aromatic N) is 6. The quantitative estimate of drug-likeness (QED) is 0.770. The first-order chi connectivity index (χ1) is 11.5. The van der Waals surface area contributed by atoms with Gasteiger partial charge in [0.05, 0.1) is 18.4 Å². The van der Waals surface area contributed by atoms with Gasteiger partial charge in [-0.05, 0) is 32.9 Å². The van der Waals surface area contributed by atoms with Crippen LogP contribution in [0.1, 0.15) is 41.9 Å². The van der Waals surface area contributed by atoms with E-state index in [2.05, 4.69) is 25.6 Å². The molecule has 3 aromatic heterocycles. The second-order valence-electron chi connectivity index (χ2n) is 5.71. The van der Waals surface area contributed by atoms with Gasteiger partial charge in [0.2, 0.25) is 0 Å². The second-order valence-corrected chi connectivity index (χ2v) is 5.71. The molecule has 0 unspecified atom stereocenters. The minimum absolute atomic E-state index is 0.235. The maximum Gasteiger partial charge on any atom is 0.270 e. The van der Waals surface area contributed by atoms with E-state index >= 15 is 0 Å². The van der Waals surface area contributed by atoms with Crippen LogP contribution in [-0.2, 0) is 6.54 Å². The summed E-state index contributed by atoms with van der Waals surface area (Å²) in [6.45, 7) is 6.24. The van der Waals surface area contributed by atoms with Gasteiger partial charge in [-0.15, -0.1) is 5.10 Å². The molecule has 0 aliphatic rings. The van der Waals surface area contributed by atoms with E-state index in [1.54, 1.807) is 23.1 Å². The Morgan fingerprint density at radius 3 is 2.79 bits per heavy atom. The first-order valence-corrected chi connectivity index (χ1v) is 7.70. The number of imidazole rings is 1. The second kappa shape index (κ2) is 6.61. The van der Waals surface area contributed by atoms with Gasteiger partial charge in [-0.1, -0.05) is 5.21 Å². The monoisotopic (exact) mass is 325 g/mol. The molecule has 0 bridgehead atoms. The zero-order valence-electron chi connectivity index (χ0n) is 13.8. The number of hydrogen-bond acceptors (Lipinski definition) is 5. The molecule has 0 atom stereocenters. The molecule has 1 N–H and O–H groups in total. The van der Waals surface area contributed by atoms with E-state index in [4.69, 9.17) is 0 Å². The van der Waals surface area contributed by atoms with Gasteiger partial charge in [-0.25, -0.2) is 9.67 Å². The van der Waals surface area contributed by atoms with Crippen LogP contribution in [0, 0.1) is 6.92 Å². The molecule has 0 radical (unpaired) electrons. The normalized spacial score (nSPS) is 11.0. The number of hydrogen-bond donors (Lipinski definition) is 1. The smallest absolute Gasteiger partial charge is 0.270 e. The highest BCUT2D eigenvalue weighted by atomic mass is 16.1. The Hall–Kier alpha value is -3.03. The van der Waals surface area contributed by atoms with Crippen molar-refractivity contribution in [1.29, 1.82) is 0 Å². The Balaban J connectivity index is 1.70. The molecule has 3 aromatic rings. The van der Waals surface area contributed by atoms with Crippen molar-refractivity contribution in [3.8, 4) is 5.69 Å². The lowest BCUT2D eigenvalue weighted by molar-refractivity contribution is 0.0945. The Labute approximate surface area is 139 Å². The van der Waals surface area contributed by atoms with Gasteiger partial charge >= 0.3 is 0 Å². The van der Waals surface area contributed by atoms with E-state index in [0.29, 0.717) is 17.9 Å². The molecule has 1 amide bonds. The van der Waals surface area contributed by atoms with Crippen molar-refractivity contribution >= 4 is 5.91 Å². The van der Waals surface area contributed by atoms with Crippen LogP contribution in [0.4, 0.5) is 0 Å². The van der Waals surface area contributed by atoms with E-state index in [9.17, 15) is 4.79 Å². The lowest BCUT2D eigenvalue weighted by Crippen LogP contribution is -2.24. The SMILES string of the molecule is Cc1nccn1-c1ccnc(C(=O)NCc2cn(C(C)C)nn2)c1. The standard InChI is InChI=1S/C16H19N7O/c1-11(2)23-10-13(20-21-23)9-19-16(24)15-8-14(4-5-18-15)22-7-6-17-12(22)3/h4-8,10-11H,9H2,1-3H3,(H,19,24). The van der Waals surface area contributed by atoms with Gasteiger partial charge in [0.25, 0.3) is 5.91 Å². The van der Waals surface area contributed by atoms with Crippen LogP contribution >= 0.6 is 0 Å². The fourth-order valence-electron chi connectivity index (χ4n) is 2.25. The van der Waals surface area contributed by atoms with Crippen molar-refractivity contribution in [2.45, 2.75) is 33.4 Å². The molecule has 0 saturated heterocycles. The van der Waals surface area contributed by atoms with Crippen molar-refractivity contribution < 1.29 is 4.79 Å². The summed E-state index contributed by atoms with van der Waals surface area (Å²) in [5.41, 5.74) is 1.89. The van der Waals surface area contributed by atoms with Crippen molar-refractivity contribution in [3.05, 3.63) is 54.1 Å². The topological polar surface area (TPSA) is 90.5 Å². The largest absolute Gasteiger partial charge is 0.345 e. The Morgan fingerprint density at radius 1 is 1.29 bits per heavy atom. The lowest BCUT2D eigenvalue weighted by Gasteiger charge is -2.07. The lowest BCUT2D eigenvalue weighted by atomic mass is 10.3. The molecule has 3 rings (SSSR count). The Bertz CT molecular complexity index is 849. The van der Waals surface area contributed by atoms with Crippen LogP contribution in [-0.4, -0.2) is 35.4 Å². The highest BCUT2D eigenvalue weighted by Crippen LogP contribution is 2.11. The molecule has 8 nitrogen and oxygen atoms in total. The number of rotatable bonds is 5. The first-order valence-electron chi connectivity index (χ1n) is 7.70. The minimum Gasteiger partial charge on any atom is -0.345 e. The number of carbonyl (C=O) groups is 1. The summed E-state index contributed by atoms with van der Waals surface area (Å²) in [5, 5.41) is 10.9. The maximum atomic E-state index is 12.3. The molecule has 0 saturated carbocycles. The number of carbonyl (C=O) groups excluding carboxylic acids is 1. The first kappa shape index (κ1) is 15.9. The van der Waals surface area contributed by atoms with Gasteiger partial charge in [0, 0.05) is 24.6 Å². The van der Waals surface area contributed by atoms with Crippen LogP contribution in [0.15, 0.2) is 36.9 Å². The summed E-state index contributed by atoms with van der Waals surface area (Å²) >= 11 is 0. The fraction of sp³-hybridized carbons (Fsp3) is 0.312. The maximum absolute atomic E-state index is 12.3. The average Bonchev–Trinajstić information content (AvgIpc) is 3.21. The van der Waals surface area contributed by atoms with Gasteiger partial charge in [-0.3, -0.25) is 9.78 Å². The zero-order valence-corrected chi connectivity index (χ0v) is 13.8. The summed E-state index contributed by atoms with van der Waals surface area (Å²) in [6, 6.07) is 3.80. The summed E-state index contributed by atoms with van der Waals surface area (Å²) in [4.78, 5) is 20.6. The highest BCUT2D eigenvalue weighted by Gasteiger charge is 2.11. The molecule has 0 aliphatic heterocycles. The molecule has 0 fully saturated rings. The minimum atomic E-state index is -0.256. The third-order valence-electron chi connectivity index (χ3n) is 3.60. The summed E-state index contributed by atoms with van der Waals surface area (Å²) < 4.78 is 3.65. The molecule has 24 heavy (non-hydrogen) atoms. The third kappa shape index (κ3) is 3.32. The van der Waals surface area contributed by atoms with Crippen molar-refractivity contribution in [3.63, 3.8) is 0 Å². The number of amides is 1. The highest BCUT2D eigenvalue weighted by molar-refractivity contribution is 5.92. The average molecular weight is 325 g/mol. The van der Waals surface area contributed by atoms with Crippen LogP contribution < -0.4 is 5.32 Å². The summed E-state index contributed by atoms with van der Waals surface area (Å²) in [7, 11) is 0. The van der Waals surface area contributed by atoms with Crippen LogP contribution in [0.3, 0.4) is 0 Å². The van der Waals surface area contributed by atoms with E-state index < -0.39 is 0 Å². The van der Waals surface area contributed by atoms with Crippen LogP contribution in [0.2, 0.25) is 0 Å². The van der Waals surface area contributed by atoms with Gasteiger partial charge in [0.15, 0.2) is 0 Å². The van der Waals surface area contributed by atoms with E-state index in [0.717, 1.165) is 11.5 Å². The van der Waals surface area contributed by atoms with E-state index in [1.807, 2.05) is 43.8 Å². The molecule has 0 spiro atoms. The Morgan fingerprint density at radius 2 is 2.12 bits per heavy atom. The summed E-state index contributed by atoms with van der Waals surface area (Å²) in [6.07, 6.45) is 6.99. The third-order valence-corrected chi connectivity index (χ3v) is 3.60. The molecular formula is C16H19N7O. The van der Waals surface area contributed by atoms with E-state index in [1.165, 1.54) is 0 Å². The molecule has 0 aromatic carbocycles. The Kier molecular flexibility index (Phi) is 4.37. The molecule has 124 valence electrons. The molecular weight excluding hydrogens is 306 g/mol. The van der Waals surface area contributed by atoms with Crippen LogP contribution in [0.25, 0.3) is 5.69 Å². The predicted molar refractivity (Wildman–Crippen MR) is 87.7 cm³/mol. The number of aromatic nitrogens is 6. The fourth-order valence-corrected chi connectivity index (χ4v) is 2.25. The molecule has 8 heteroatoms. The zero-order chi connectivity index (χ0) is 17.1. The van der Waals surface area contributed by atoms with Crippen LogP contribution in [0.5, 0.6) is 0 Å². The summed E-state index contributed by atoms with van der Waals surface area (Å²) in [5.74, 6) is 0.589. The molecule has 0 aliphatic carbocycles. The van der Waals surface area contributed by atoms with Gasteiger partial charge < -0.3 is 9.88 Å². The predicted octanol–water partition coefficient (Wildman–Crippen LogP) is 1.68. The number of pyridine rings is 1.